The van der Waals surface area contributed by atoms with Crippen LogP contribution >= 0.6 is 22.7 Å². The first-order valence-corrected chi connectivity index (χ1v) is 7.15. The number of fused-ring (bicyclic) bond motifs is 1. The predicted octanol–water partition coefficient (Wildman–Crippen LogP) is 3.26. The van der Waals surface area contributed by atoms with Gasteiger partial charge in [0, 0.05) is 16.8 Å². The molecule has 0 fully saturated rings. The number of nitrogens with one attached hydrogen (secondary N) is 1. The molecule has 18 heavy (non-hydrogen) atoms. The molecule has 6 heteroatoms. The van der Waals surface area contributed by atoms with Crippen molar-refractivity contribution in [3.63, 3.8) is 0 Å². The number of aryl methyl sites for hydroxylation is 1. The Bertz CT molecular complexity index is 686. The summed E-state index contributed by atoms with van der Waals surface area (Å²) in [6.45, 7) is 2.77. The van der Waals surface area contributed by atoms with Gasteiger partial charge in [0.1, 0.15) is 5.01 Å². The second-order valence-corrected chi connectivity index (χ2v) is 6.31. The number of nitrogens with two attached hydrogens (primary N) is 1. The summed E-state index contributed by atoms with van der Waals surface area (Å²) >= 11 is 3.31. The van der Waals surface area contributed by atoms with Crippen molar-refractivity contribution in [3.05, 3.63) is 34.3 Å². The smallest absolute Gasteiger partial charge is 0.184 e. The van der Waals surface area contributed by atoms with Crippen LogP contribution in [0.25, 0.3) is 10.2 Å². The van der Waals surface area contributed by atoms with Crippen molar-refractivity contribution < 1.29 is 0 Å². The highest BCUT2D eigenvalue weighted by molar-refractivity contribution is 7.22. The monoisotopic (exact) mass is 276 g/mol. The van der Waals surface area contributed by atoms with Gasteiger partial charge in [0.2, 0.25) is 0 Å². The van der Waals surface area contributed by atoms with Crippen molar-refractivity contribution in [2.75, 3.05) is 11.1 Å². The quantitative estimate of drug-likeness (QED) is 0.721. The van der Waals surface area contributed by atoms with Crippen molar-refractivity contribution in [1.29, 1.82) is 0 Å². The molecule has 0 radical (unpaired) electrons. The molecule has 4 nitrogen and oxygen atoms in total. The number of hydrogen-bond acceptors (Lipinski definition) is 6. The molecule has 0 aliphatic carbocycles. The molecule has 92 valence electrons. The van der Waals surface area contributed by atoms with E-state index in [1.165, 1.54) is 4.88 Å². The molecule has 0 aliphatic rings. The number of aromatic nitrogens is 2. The van der Waals surface area contributed by atoms with E-state index in [-0.39, 0.29) is 0 Å². The molecule has 0 saturated heterocycles. The zero-order chi connectivity index (χ0) is 12.5. The van der Waals surface area contributed by atoms with E-state index in [2.05, 4.69) is 22.2 Å². The van der Waals surface area contributed by atoms with E-state index in [1.807, 2.05) is 24.4 Å². The number of hydrogen-bond donors (Lipinski definition) is 2. The summed E-state index contributed by atoms with van der Waals surface area (Å²) in [7, 11) is 0. The summed E-state index contributed by atoms with van der Waals surface area (Å²) < 4.78 is 1.10. The molecule has 0 unspecified atom stereocenters. The Balaban J connectivity index is 1.78. The van der Waals surface area contributed by atoms with Crippen molar-refractivity contribution in [2.45, 2.75) is 13.5 Å². The van der Waals surface area contributed by atoms with Crippen LogP contribution in [-0.4, -0.2) is 9.97 Å². The zero-order valence-electron chi connectivity index (χ0n) is 9.80. The van der Waals surface area contributed by atoms with Crippen LogP contribution in [0, 0.1) is 6.92 Å². The molecule has 0 atom stereocenters. The number of anilines is 2. The second-order valence-electron chi connectivity index (χ2n) is 3.96. The van der Waals surface area contributed by atoms with Crippen LogP contribution in [0.1, 0.15) is 9.88 Å². The highest BCUT2D eigenvalue weighted by atomic mass is 32.1. The summed E-state index contributed by atoms with van der Waals surface area (Å²) in [4.78, 5) is 10.0. The lowest BCUT2D eigenvalue weighted by Gasteiger charge is -1.97. The molecule has 2 heterocycles. The SMILES string of the molecule is Cc1cnc(CNc2nc3ccc(N)cc3s2)s1. The molecule has 0 bridgehead atoms. The predicted molar refractivity (Wildman–Crippen MR) is 78.2 cm³/mol. The van der Waals surface area contributed by atoms with Crippen molar-refractivity contribution >= 4 is 43.7 Å². The first-order valence-electron chi connectivity index (χ1n) is 5.52. The Morgan fingerprint density at radius 2 is 2.22 bits per heavy atom. The fourth-order valence-corrected chi connectivity index (χ4v) is 3.29. The van der Waals surface area contributed by atoms with Gasteiger partial charge in [-0.25, -0.2) is 9.97 Å². The summed E-state index contributed by atoms with van der Waals surface area (Å²) in [5.41, 5.74) is 7.50. The molecule has 2 aromatic heterocycles. The fourth-order valence-electron chi connectivity index (χ4n) is 1.65. The minimum absolute atomic E-state index is 0.716. The standard InChI is InChI=1S/C12H12N4S2/c1-7-5-14-11(17-7)6-15-12-16-9-3-2-8(13)4-10(9)18-12/h2-5H,6,13H2,1H3,(H,15,16). The molecule has 3 aromatic rings. The van der Waals surface area contributed by atoms with Gasteiger partial charge in [-0.2, -0.15) is 0 Å². The lowest BCUT2D eigenvalue weighted by atomic mass is 10.3. The lowest BCUT2D eigenvalue weighted by molar-refractivity contribution is 1.10. The molecule has 0 aliphatic heterocycles. The third-order valence-electron chi connectivity index (χ3n) is 2.47. The molecular formula is C12H12N4S2. The highest BCUT2D eigenvalue weighted by Crippen LogP contribution is 2.27. The van der Waals surface area contributed by atoms with Gasteiger partial charge < -0.3 is 11.1 Å². The second kappa shape index (κ2) is 4.55. The van der Waals surface area contributed by atoms with Crippen molar-refractivity contribution in [3.8, 4) is 0 Å². The van der Waals surface area contributed by atoms with Crippen LogP contribution in [-0.2, 0) is 6.54 Å². The summed E-state index contributed by atoms with van der Waals surface area (Å²) in [5, 5.41) is 5.28. The number of nitrogen functional groups attached to an aromatic ring is 1. The van der Waals surface area contributed by atoms with E-state index in [1.54, 1.807) is 22.7 Å². The Morgan fingerprint density at radius 3 is 3.00 bits per heavy atom. The Hall–Kier alpha value is -1.66. The van der Waals surface area contributed by atoms with Crippen LogP contribution in [0.5, 0.6) is 0 Å². The molecular weight excluding hydrogens is 264 g/mol. The molecule has 3 N–H and O–H groups in total. The Morgan fingerprint density at radius 1 is 1.33 bits per heavy atom. The maximum absolute atomic E-state index is 5.75. The van der Waals surface area contributed by atoms with Crippen LogP contribution in [0.3, 0.4) is 0 Å². The average Bonchev–Trinajstić information content (AvgIpc) is 2.92. The average molecular weight is 276 g/mol. The maximum atomic E-state index is 5.75. The van der Waals surface area contributed by atoms with Crippen molar-refractivity contribution in [1.82, 2.24) is 9.97 Å². The minimum Gasteiger partial charge on any atom is -0.399 e. The van der Waals surface area contributed by atoms with Gasteiger partial charge >= 0.3 is 0 Å². The van der Waals surface area contributed by atoms with Gasteiger partial charge in [-0.1, -0.05) is 11.3 Å². The third-order valence-corrected chi connectivity index (χ3v) is 4.36. The van der Waals surface area contributed by atoms with Crippen LogP contribution < -0.4 is 11.1 Å². The molecule has 0 saturated carbocycles. The van der Waals surface area contributed by atoms with Crippen LogP contribution in [0.15, 0.2) is 24.4 Å². The zero-order valence-corrected chi connectivity index (χ0v) is 11.4. The topological polar surface area (TPSA) is 63.8 Å². The summed E-state index contributed by atoms with van der Waals surface area (Å²) in [6.07, 6.45) is 1.89. The number of benzene rings is 1. The number of rotatable bonds is 3. The first kappa shape index (κ1) is 11.4. The van der Waals surface area contributed by atoms with E-state index in [9.17, 15) is 0 Å². The molecule has 0 amide bonds. The van der Waals surface area contributed by atoms with Gasteiger partial charge in [-0.15, -0.1) is 11.3 Å². The summed E-state index contributed by atoms with van der Waals surface area (Å²) in [6, 6.07) is 5.77. The third kappa shape index (κ3) is 2.30. The van der Waals surface area contributed by atoms with Crippen molar-refractivity contribution in [2.24, 2.45) is 0 Å². The van der Waals surface area contributed by atoms with Gasteiger partial charge in [-0.05, 0) is 25.1 Å². The van der Waals surface area contributed by atoms with Gasteiger partial charge in [0.25, 0.3) is 0 Å². The minimum atomic E-state index is 0.716. The molecule has 1 aromatic carbocycles. The van der Waals surface area contributed by atoms with Gasteiger partial charge in [0.05, 0.1) is 16.8 Å². The van der Waals surface area contributed by atoms with Crippen LogP contribution in [0.4, 0.5) is 10.8 Å². The van der Waals surface area contributed by atoms with E-state index < -0.39 is 0 Å². The van der Waals surface area contributed by atoms with Crippen LogP contribution in [0.2, 0.25) is 0 Å². The highest BCUT2D eigenvalue weighted by Gasteiger charge is 2.05. The maximum Gasteiger partial charge on any atom is 0.184 e. The lowest BCUT2D eigenvalue weighted by Crippen LogP contribution is -1.97. The summed E-state index contributed by atoms with van der Waals surface area (Å²) in [5.74, 6) is 0. The number of nitrogens with zero attached hydrogens (tertiary/aromatic N) is 2. The van der Waals surface area contributed by atoms with E-state index in [4.69, 9.17) is 5.73 Å². The Kier molecular flexibility index (Phi) is 2.89. The van der Waals surface area contributed by atoms with E-state index in [0.29, 0.717) is 6.54 Å². The largest absolute Gasteiger partial charge is 0.399 e. The van der Waals surface area contributed by atoms with E-state index in [0.717, 1.165) is 26.0 Å². The Labute approximate surface area is 113 Å². The normalized spacial score (nSPS) is 10.9. The molecule has 0 spiro atoms. The molecule has 3 rings (SSSR count). The van der Waals surface area contributed by atoms with Gasteiger partial charge in [0.15, 0.2) is 5.13 Å². The first-order chi connectivity index (χ1) is 8.70. The van der Waals surface area contributed by atoms with E-state index >= 15 is 0 Å². The fraction of sp³-hybridized carbons (Fsp3) is 0.167. The number of thiazole rings is 2. The van der Waals surface area contributed by atoms with Gasteiger partial charge in [-0.3, -0.25) is 0 Å².